The number of hydrogen-bond acceptors (Lipinski definition) is 7. The molecule has 0 saturated heterocycles. The number of ether oxygens (including phenoxy) is 2. The van der Waals surface area contributed by atoms with Crippen LogP contribution in [0.15, 0.2) is 59.4 Å². The third kappa shape index (κ3) is 7.79. The third-order valence-electron chi connectivity index (χ3n) is 4.68. The lowest BCUT2D eigenvalue weighted by atomic mass is 10.0. The number of aromatic amines is 1. The molecule has 176 valence electrons. The number of H-pyrrole nitrogens is 1. The molecule has 0 spiro atoms. The second-order valence-electron chi connectivity index (χ2n) is 7.35. The molecule has 1 heterocycles. The van der Waals surface area contributed by atoms with Gasteiger partial charge in [-0.1, -0.05) is 31.2 Å². The van der Waals surface area contributed by atoms with E-state index in [1.165, 1.54) is 0 Å². The standard InChI is InChI=1S/C16H16N2O2.C10H12N2O2/c1-3-8-20-14-6-4-12(5-7-14)15-9-13(10-17)16(19)18-11(15)2;11-7-8-3-1-2-4-9(8)14-6-5-10(12)13/h4-7,9H,3,8H2,1-2H3,(H,18,19);1-4,10,13H,5-6,12H2. The molecule has 0 bridgehead atoms. The van der Waals surface area contributed by atoms with Crippen LogP contribution in [0.5, 0.6) is 11.5 Å². The van der Waals surface area contributed by atoms with E-state index in [9.17, 15) is 4.79 Å². The lowest BCUT2D eigenvalue weighted by Crippen LogP contribution is -2.21. The van der Waals surface area contributed by atoms with Gasteiger partial charge in [-0.3, -0.25) is 4.79 Å². The number of nitrogens with zero attached hydrogens (tertiary/aromatic N) is 2. The maximum absolute atomic E-state index is 11.5. The van der Waals surface area contributed by atoms with Gasteiger partial charge in [-0.2, -0.15) is 10.5 Å². The summed E-state index contributed by atoms with van der Waals surface area (Å²) in [7, 11) is 0. The van der Waals surface area contributed by atoms with Gasteiger partial charge in [0.15, 0.2) is 0 Å². The van der Waals surface area contributed by atoms with E-state index in [1.54, 1.807) is 30.3 Å². The fourth-order valence-corrected chi connectivity index (χ4v) is 2.93. The van der Waals surface area contributed by atoms with Gasteiger partial charge >= 0.3 is 0 Å². The fourth-order valence-electron chi connectivity index (χ4n) is 2.93. The van der Waals surface area contributed by atoms with Crippen LogP contribution in [0.25, 0.3) is 11.1 Å². The minimum Gasteiger partial charge on any atom is -0.494 e. The summed E-state index contributed by atoms with van der Waals surface area (Å²) >= 11 is 0. The number of aromatic nitrogens is 1. The Bertz CT molecular complexity index is 1210. The maximum Gasteiger partial charge on any atom is 0.266 e. The number of nitrogens with two attached hydrogens (primary N) is 1. The van der Waals surface area contributed by atoms with Crippen molar-refractivity contribution in [3.8, 4) is 34.8 Å². The smallest absolute Gasteiger partial charge is 0.266 e. The van der Waals surface area contributed by atoms with E-state index in [4.69, 9.17) is 30.8 Å². The Balaban J connectivity index is 0.000000257. The summed E-state index contributed by atoms with van der Waals surface area (Å²) in [6, 6.07) is 20.1. The van der Waals surface area contributed by atoms with Crippen LogP contribution >= 0.6 is 0 Å². The number of nitriles is 2. The van der Waals surface area contributed by atoms with E-state index in [0.29, 0.717) is 30.9 Å². The van der Waals surface area contributed by atoms with Gasteiger partial charge in [-0.05, 0) is 49.2 Å². The zero-order chi connectivity index (χ0) is 24.9. The Morgan fingerprint density at radius 3 is 2.32 bits per heavy atom. The number of aryl methyl sites for hydroxylation is 1. The second-order valence-corrected chi connectivity index (χ2v) is 7.35. The summed E-state index contributed by atoms with van der Waals surface area (Å²) < 4.78 is 10.8. The number of para-hydroxylation sites is 1. The Labute approximate surface area is 198 Å². The maximum atomic E-state index is 11.5. The van der Waals surface area contributed by atoms with E-state index in [1.807, 2.05) is 43.3 Å². The van der Waals surface area contributed by atoms with Crippen LogP contribution in [-0.2, 0) is 0 Å². The van der Waals surface area contributed by atoms with Crippen molar-refractivity contribution < 1.29 is 14.6 Å². The minimum atomic E-state index is -0.871. The molecule has 1 aromatic heterocycles. The first-order valence-corrected chi connectivity index (χ1v) is 10.8. The average molecular weight is 461 g/mol. The van der Waals surface area contributed by atoms with Crippen LogP contribution < -0.4 is 20.8 Å². The monoisotopic (exact) mass is 460 g/mol. The molecule has 0 aliphatic rings. The van der Waals surface area contributed by atoms with Gasteiger partial charge in [0.05, 0.1) is 18.8 Å². The summed E-state index contributed by atoms with van der Waals surface area (Å²) in [5.41, 5.74) is 7.93. The Hall–Kier alpha value is -4.11. The van der Waals surface area contributed by atoms with E-state index in [2.05, 4.69) is 11.9 Å². The molecular weight excluding hydrogens is 432 g/mol. The molecule has 8 heteroatoms. The Morgan fingerprint density at radius 1 is 1.03 bits per heavy atom. The first-order chi connectivity index (χ1) is 16.4. The number of benzene rings is 2. The largest absolute Gasteiger partial charge is 0.494 e. The van der Waals surface area contributed by atoms with Gasteiger partial charge in [0.1, 0.15) is 35.4 Å². The lowest BCUT2D eigenvalue weighted by molar-refractivity contribution is 0.145. The Morgan fingerprint density at radius 2 is 1.71 bits per heavy atom. The molecule has 2 aromatic carbocycles. The highest BCUT2D eigenvalue weighted by Gasteiger charge is 2.08. The minimum absolute atomic E-state index is 0.122. The normalized spacial score (nSPS) is 10.8. The van der Waals surface area contributed by atoms with Crippen LogP contribution in [0.2, 0.25) is 0 Å². The van der Waals surface area contributed by atoms with Crippen molar-refractivity contribution in [2.75, 3.05) is 13.2 Å². The van der Waals surface area contributed by atoms with Crippen molar-refractivity contribution in [3.05, 3.63) is 81.8 Å². The summed E-state index contributed by atoms with van der Waals surface area (Å²) in [5, 5.41) is 26.4. The number of aliphatic hydroxyl groups excluding tert-OH is 1. The Kier molecular flexibility index (Phi) is 10.3. The molecular formula is C26H28N4O4. The number of hydrogen-bond donors (Lipinski definition) is 3. The van der Waals surface area contributed by atoms with Crippen LogP contribution in [0.3, 0.4) is 0 Å². The predicted molar refractivity (Wildman–Crippen MR) is 129 cm³/mol. The van der Waals surface area contributed by atoms with Gasteiger partial charge in [0, 0.05) is 17.7 Å². The molecule has 0 aliphatic heterocycles. The zero-order valence-electron chi connectivity index (χ0n) is 19.2. The van der Waals surface area contributed by atoms with Gasteiger partial charge in [-0.25, -0.2) is 0 Å². The number of pyridine rings is 1. The lowest BCUT2D eigenvalue weighted by Gasteiger charge is -2.08. The SMILES string of the molecule is CCCOc1ccc(-c2cc(C#N)c(=O)[nH]c2C)cc1.N#Cc1ccccc1OCCC(N)O. The van der Waals surface area contributed by atoms with Crippen LogP contribution in [0, 0.1) is 29.6 Å². The first kappa shape index (κ1) is 26.1. The molecule has 4 N–H and O–H groups in total. The summed E-state index contributed by atoms with van der Waals surface area (Å²) in [5.74, 6) is 1.34. The summed E-state index contributed by atoms with van der Waals surface area (Å²) in [6.45, 7) is 4.87. The topological polar surface area (TPSA) is 145 Å². The molecule has 0 aliphatic carbocycles. The summed E-state index contributed by atoms with van der Waals surface area (Å²) in [6.07, 6.45) is 0.441. The van der Waals surface area contributed by atoms with E-state index < -0.39 is 6.23 Å². The molecule has 8 nitrogen and oxygen atoms in total. The average Bonchev–Trinajstić information content (AvgIpc) is 2.84. The van der Waals surface area contributed by atoms with Gasteiger partial charge < -0.3 is 25.3 Å². The first-order valence-electron chi connectivity index (χ1n) is 10.8. The summed E-state index contributed by atoms with van der Waals surface area (Å²) in [4.78, 5) is 14.2. The number of aliphatic hydroxyl groups is 1. The highest BCUT2D eigenvalue weighted by Crippen LogP contribution is 2.24. The van der Waals surface area contributed by atoms with E-state index in [-0.39, 0.29) is 11.1 Å². The van der Waals surface area contributed by atoms with Crippen molar-refractivity contribution in [2.24, 2.45) is 5.73 Å². The van der Waals surface area contributed by atoms with Crippen molar-refractivity contribution in [3.63, 3.8) is 0 Å². The quantitative estimate of drug-likeness (QED) is 0.435. The van der Waals surface area contributed by atoms with Crippen LogP contribution in [0.4, 0.5) is 0 Å². The number of rotatable bonds is 8. The molecule has 3 aromatic rings. The predicted octanol–water partition coefficient (Wildman–Crippen LogP) is 3.62. The van der Waals surface area contributed by atoms with E-state index >= 15 is 0 Å². The molecule has 1 atom stereocenters. The highest BCUT2D eigenvalue weighted by atomic mass is 16.5. The second kappa shape index (κ2) is 13.4. The van der Waals surface area contributed by atoms with Crippen LogP contribution in [-0.4, -0.2) is 29.5 Å². The molecule has 0 radical (unpaired) electrons. The van der Waals surface area contributed by atoms with Crippen molar-refractivity contribution in [2.45, 2.75) is 32.9 Å². The van der Waals surface area contributed by atoms with Gasteiger partial charge in [-0.15, -0.1) is 0 Å². The highest BCUT2D eigenvalue weighted by molar-refractivity contribution is 5.67. The molecule has 3 rings (SSSR count). The van der Waals surface area contributed by atoms with E-state index in [0.717, 1.165) is 29.0 Å². The molecule has 1 unspecified atom stereocenters. The van der Waals surface area contributed by atoms with Gasteiger partial charge in [0.25, 0.3) is 5.56 Å². The zero-order valence-corrected chi connectivity index (χ0v) is 19.2. The van der Waals surface area contributed by atoms with Crippen LogP contribution in [0.1, 0.15) is 36.6 Å². The molecule has 34 heavy (non-hydrogen) atoms. The number of nitrogens with one attached hydrogen (secondary N) is 1. The van der Waals surface area contributed by atoms with Crippen molar-refractivity contribution >= 4 is 0 Å². The molecule has 0 amide bonds. The van der Waals surface area contributed by atoms with Crippen molar-refractivity contribution in [1.82, 2.24) is 4.98 Å². The van der Waals surface area contributed by atoms with Gasteiger partial charge in [0.2, 0.25) is 0 Å². The molecule has 0 fully saturated rings. The fraction of sp³-hybridized carbons (Fsp3) is 0.269. The third-order valence-corrected chi connectivity index (χ3v) is 4.68. The molecule has 0 saturated carbocycles. The van der Waals surface area contributed by atoms with Crippen molar-refractivity contribution in [1.29, 1.82) is 10.5 Å².